The molecule has 1 rings (SSSR count). The number of allylic oxidation sites excluding steroid dienone is 6. The van der Waals surface area contributed by atoms with Crippen molar-refractivity contribution in [3.63, 3.8) is 0 Å². The van der Waals surface area contributed by atoms with Gasteiger partial charge >= 0.3 is 16.4 Å². The maximum absolute atomic E-state index is 13.0. The normalized spacial score (nSPS) is 19.1. The van der Waals surface area contributed by atoms with Crippen LogP contribution in [0.1, 0.15) is 271 Å². The molecule has 72 heavy (non-hydrogen) atoms. The van der Waals surface area contributed by atoms with E-state index in [1.54, 1.807) is 0 Å². The number of rotatable bonds is 53. The van der Waals surface area contributed by atoms with E-state index < -0.39 is 59.8 Å². The number of hydrogen-bond donors (Lipinski definition) is 4. The average Bonchev–Trinajstić information content (AvgIpc) is 3.36. The van der Waals surface area contributed by atoms with Crippen LogP contribution in [0.25, 0.3) is 0 Å². The fraction of sp³-hybridized carbons (Fsp3) is 0.881. The zero-order valence-electron chi connectivity index (χ0n) is 46.0. The number of unbranched alkanes of at least 4 members (excludes halogenated alkanes) is 34. The summed E-state index contributed by atoms with van der Waals surface area (Å²) >= 11 is 0. The zero-order chi connectivity index (χ0) is 52.4. The molecule has 1 aliphatic heterocycles. The van der Waals surface area contributed by atoms with Crippen molar-refractivity contribution in [2.24, 2.45) is 0 Å². The maximum atomic E-state index is 13.0. The van der Waals surface area contributed by atoms with Gasteiger partial charge in [0.15, 0.2) is 6.29 Å². The molecule has 1 fully saturated rings. The van der Waals surface area contributed by atoms with Crippen molar-refractivity contribution < 1.29 is 56.2 Å². The second kappa shape index (κ2) is 50.2. The third-order valence-corrected chi connectivity index (χ3v) is 14.2. The molecule has 0 radical (unpaired) electrons. The quantitative estimate of drug-likeness (QED) is 0.0196. The number of aliphatic hydroxyl groups is 3. The highest BCUT2D eigenvalue weighted by atomic mass is 32.3. The van der Waals surface area contributed by atoms with Crippen molar-refractivity contribution in [1.29, 1.82) is 0 Å². The number of esters is 1. The molecule has 12 nitrogen and oxygen atoms in total. The van der Waals surface area contributed by atoms with Gasteiger partial charge in [-0.3, -0.25) is 9.35 Å². The van der Waals surface area contributed by atoms with E-state index in [1.807, 2.05) is 0 Å². The third kappa shape index (κ3) is 42.5. The molecule has 0 saturated carbocycles. The Morgan fingerprint density at radius 3 is 1.36 bits per heavy atom. The van der Waals surface area contributed by atoms with Gasteiger partial charge in [-0.05, 0) is 51.4 Å². The van der Waals surface area contributed by atoms with E-state index in [0.717, 1.165) is 57.8 Å². The molecular weight excluding hydrogens is 933 g/mol. The summed E-state index contributed by atoms with van der Waals surface area (Å²) in [5.41, 5.74) is 0. The highest BCUT2D eigenvalue weighted by Gasteiger charge is 2.48. The molecule has 6 unspecified atom stereocenters. The summed E-state index contributed by atoms with van der Waals surface area (Å²) in [7, 11) is -5.07. The lowest BCUT2D eigenvalue weighted by molar-refractivity contribution is -0.301. The summed E-state index contributed by atoms with van der Waals surface area (Å²) in [6.45, 7) is 4.00. The van der Waals surface area contributed by atoms with Crippen LogP contribution in [0.15, 0.2) is 36.5 Å². The molecule has 6 atom stereocenters. The minimum atomic E-state index is -5.07. The lowest BCUT2D eigenvalue weighted by Crippen LogP contribution is -2.60. The first kappa shape index (κ1) is 68.3. The smallest absolute Gasteiger partial charge is 0.397 e. The van der Waals surface area contributed by atoms with Gasteiger partial charge in [-0.2, -0.15) is 8.42 Å². The van der Waals surface area contributed by atoms with E-state index in [4.69, 9.17) is 18.9 Å². The fourth-order valence-corrected chi connectivity index (χ4v) is 9.78. The first-order valence-electron chi connectivity index (χ1n) is 29.7. The Labute approximate surface area is 441 Å². The first-order chi connectivity index (χ1) is 35.1. The van der Waals surface area contributed by atoms with E-state index in [0.29, 0.717) is 13.0 Å². The van der Waals surface area contributed by atoms with Crippen molar-refractivity contribution in [3.05, 3.63) is 36.5 Å². The summed E-state index contributed by atoms with van der Waals surface area (Å²) in [5, 5.41) is 30.9. The summed E-state index contributed by atoms with van der Waals surface area (Å²) < 4.78 is 59.5. The van der Waals surface area contributed by atoms with Crippen molar-refractivity contribution in [3.8, 4) is 0 Å². The van der Waals surface area contributed by atoms with Gasteiger partial charge in [0.1, 0.15) is 30.5 Å². The number of ether oxygens (including phenoxy) is 4. The van der Waals surface area contributed by atoms with Crippen LogP contribution in [0.5, 0.6) is 0 Å². The third-order valence-electron chi connectivity index (χ3n) is 13.8. The Balaban J connectivity index is 2.27. The first-order valence-corrected chi connectivity index (χ1v) is 31.1. The Hall–Kier alpha value is -1.68. The highest BCUT2D eigenvalue weighted by molar-refractivity contribution is 7.80. The largest absolute Gasteiger partial charge is 0.457 e. The van der Waals surface area contributed by atoms with Crippen LogP contribution in [0.3, 0.4) is 0 Å². The predicted molar refractivity (Wildman–Crippen MR) is 294 cm³/mol. The maximum Gasteiger partial charge on any atom is 0.397 e. The molecular formula is C59H110O12S. The molecule has 424 valence electrons. The number of hydrogen-bond acceptors (Lipinski definition) is 11. The molecule has 0 aliphatic carbocycles. The average molecular weight is 1040 g/mol. The van der Waals surface area contributed by atoms with Crippen LogP contribution < -0.4 is 0 Å². The molecule has 1 heterocycles. The van der Waals surface area contributed by atoms with Crippen LogP contribution in [0, 0.1) is 0 Å². The summed E-state index contributed by atoms with van der Waals surface area (Å²) in [4.78, 5) is 13.0. The molecule has 13 heteroatoms. The minimum Gasteiger partial charge on any atom is -0.457 e. The monoisotopic (exact) mass is 1040 g/mol. The van der Waals surface area contributed by atoms with Gasteiger partial charge in [0.2, 0.25) is 0 Å². The lowest BCUT2D eigenvalue weighted by Gasteiger charge is -2.41. The number of aliphatic hydroxyl groups excluding tert-OH is 3. The van der Waals surface area contributed by atoms with Crippen LogP contribution >= 0.6 is 0 Å². The topological polar surface area (TPSA) is 178 Å². The standard InChI is InChI=1S/C59H110O12S/c1-3-5-7-9-11-13-15-17-19-21-23-25-26-27-28-29-30-32-34-36-38-40-42-44-46-48-55(61)69-53(52-68-59-57(63)58(71-72(64,65)66)56(62)54(50-60)70-59)51-67-49-47-45-43-41-39-37-35-33-31-24-22-20-18-16-14-12-10-8-6-4-2/h12,14,18,20,24,31,53-54,56-60,62-63H,3-11,13,15-17,19,21-23,25-30,32-52H2,1-2H3,(H,64,65,66)/b14-12-,20-18-,31-24-. The fourth-order valence-electron chi connectivity index (χ4n) is 9.27. The zero-order valence-corrected chi connectivity index (χ0v) is 46.8. The van der Waals surface area contributed by atoms with Crippen LogP contribution in [0.2, 0.25) is 0 Å². The summed E-state index contributed by atoms with van der Waals surface area (Å²) in [6.07, 6.45) is 53.3. The summed E-state index contributed by atoms with van der Waals surface area (Å²) in [6, 6.07) is 0. The van der Waals surface area contributed by atoms with Gasteiger partial charge in [0, 0.05) is 13.0 Å². The molecule has 0 aromatic heterocycles. The van der Waals surface area contributed by atoms with Gasteiger partial charge in [-0.1, -0.05) is 249 Å². The number of carbonyl (C=O) groups is 1. The molecule has 0 aromatic rings. The van der Waals surface area contributed by atoms with Crippen molar-refractivity contribution in [2.75, 3.05) is 26.4 Å². The van der Waals surface area contributed by atoms with Crippen LogP contribution in [0.4, 0.5) is 0 Å². The van der Waals surface area contributed by atoms with E-state index in [1.165, 1.54) is 186 Å². The Morgan fingerprint density at radius 2 is 0.917 bits per heavy atom. The molecule has 4 N–H and O–H groups in total. The molecule has 0 amide bonds. The number of carbonyl (C=O) groups excluding carboxylic acids is 1. The Bertz CT molecular complexity index is 1390. The van der Waals surface area contributed by atoms with Crippen LogP contribution in [-0.2, 0) is 38.3 Å². The van der Waals surface area contributed by atoms with Crippen molar-refractivity contribution in [2.45, 2.75) is 307 Å². The van der Waals surface area contributed by atoms with Crippen LogP contribution in [-0.4, -0.2) is 97.5 Å². The van der Waals surface area contributed by atoms with Gasteiger partial charge < -0.3 is 34.3 Å². The SMILES string of the molecule is CCCCC/C=C\C/C=C\C/C=C\CCCCCCCCCOCC(COC1OC(CO)C(O)C(OS(=O)(=O)O)C1O)OC(=O)CCCCCCCCCCCCCCCCCCCCCCCCCCC. The van der Waals surface area contributed by atoms with Gasteiger partial charge in [-0.15, -0.1) is 0 Å². The lowest BCUT2D eigenvalue weighted by atomic mass is 9.99. The molecule has 0 spiro atoms. The highest BCUT2D eigenvalue weighted by Crippen LogP contribution is 2.26. The second-order valence-corrected chi connectivity index (χ2v) is 21.6. The molecule has 0 aromatic carbocycles. The predicted octanol–water partition coefficient (Wildman–Crippen LogP) is 14.9. The summed E-state index contributed by atoms with van der Waals surface area (Å²) in [5.74, 6) is -0.397. The van der Waals surface area contributed by atoms with E-state index in [-0.39, 0.29) is 19.6 Å². The van der Waals surface area contributed by atoms with E-state index >= 15 is 0 Å². The van der Waals surface area contributed by atoms with Gasteiger partial charge in [-0.25, -0.2) is 4.18 Å². The van der Waals surface area contributed by atoms with Crippen molar-refractivity contribution >= 4 is 16.4 Å². The minimum absolute atomic E-state index is 0.0323. The van der Waals surface area contributed by atoms with Gasteiger partial charge in [0.25, 0.3) is 0 Å². The van der Waals surface area contributed by atoms with E-state index in [9.17, 15) is 33.1 Å². The van der Waals surface area contributed by atoms with Crippen molar-refractivity contribution in [1.82, 2.24) is 0 Å². The molecule has 0 bridgehead atoms. The Morgan fingerprint density at radius 1 is 0.528 bits per heavy atom. The molecule has 1 aliphatic rings. The molecule has 1 saturated heterocycles. The Kier molecular flexibility index (Phi) is 47.6. The second-order valence-electron chi connectivity index (χ2n) is 20.6. The van der Waals surface area contributed by atoms with E-state index in [2.05, 4.69) is 54.5 Å². The van der Waals surface area contributed by atoms with Gasteiger partial charge in [0.05, 0.1) is 19.8 Å².